The number of benzene rings is 3. The highest BCUT2D eigenvalue weighted by atomic mass is 16.7. The molecule has 204 valence electrons. The molecule has 0 saturated carbocycles. The lowest BCUT2D eigenvalue weighted by Crippen LogP contribution is -2.40. The van der Waals surface area contributed by atoms with Crippen LogP contribution in [0.3, 0.4) is 0 Å². The van der Waals surface area contributed by atoms with Crippen molar-refractivity contribution in [1.82, 2.24) is 10.2 Å². The van der Waals surface area contributed by atoms with Crippen LogP contribution < -0.4 is 15.4 Å². The van der Waals surface area contributed by atoms with E-state index >= 15 is 0 Å². The van der Waals surface area contributed by atoms with Crippen molar-refractivity contribution in [1.29, 1.82) is 0 Å². The summed E-state index contributed by atoms with van der Waals surface area (Å²) in [6.45, 7) is 1.29. The Balaban J connectivity index is 1.31. The maximum Gasteiger partial charge on any atom is 0.513 e. The van der Waals surface area contributed by atoms with Gasteiger partial charge in [-0.3, -0.25) is 34.2 Å². The quantitative estimate of drug-likeness (QED) is 0.134. The number of nitro groups is 1. The molecule has 1 aliphatic rings. The van der Waals surface area contributed by atoms with Crippen LogP contribution in [0.1, 0.15) is 43.6 Å². The second-order valence-corrected chi connectivity index (χ2v) is 8.42. The number of carbonyl (C=O) groups excluding carboxylic acids is 5. The minimum Gasteiger partial charge on any atom is -0.434 e. The summed E-state index contributed by atoms with van der Waals surface area (Å²) in [5, 5.41) is 16.3. The van der Waals surface area contributed by atoms with Crippen LogP contribution >= 0.6 is 0 Å². The minimum absolute atomic E-state index is 0.00647. The molecule has 0 aromatic heterocycles. The van der Waals surface area contributed by atoms with E-state index in [1.807, 2.05) is 0 Å². The molecular formula is C27H22N4O9. The minimum atomic E-state index is -0.849. The average molecular weight is 546 g/mol. The molecule has 0 spiro atoms. The fourth-order valence-electron chi connectivity index (χ4n) is 3.82. The predicted molar refractivity (Wildman–Crippen MR) is 139 cm³/mol. The number of carbonyl (C=O) groups is 5. The summed E-state index contributed by atoms with van der Waals surface area (Å²) in [6.07, 6.45) is -0.849. The molecule has 2 N–H and O–H groups in total. The molecule has 0 unspecified atom stereocenters. The van der Waals surface area contributed by atoms with Gasteiger partial charge in [0.2, 0.25) is 5.91 Å². The summed E-state index contributed by atoms with van der Waals surface area (Å²) in [7, 11) is 0. The number of hydrogen-bond acceptors (Lipinski definition) is 9. The first-order chi connectivity index (χ1) is 19.2. The Morgan fingerprint density at radius 3 is 2.38 bits per heavy atom. The maximum absolute atomic E-state index is 12.6. The number of imide groups is 1. The Labute approximate surface area is 226 Å². The summed E-state index contributed by atoms with van der Waals surface area (Å²) in [4.78, 5) is 72.6. The third kappa shape index (κ3) is 6.27. The Morgan fingerprint density at radius 1 is 0.950 bits per heavy atom. The van der Waals surface area contributed by atoms with Gasteiger partial charge >= 0.3 is 6.16 Å². The fourth-order valence-corrected chi connectivity index (χ4v) is 3.82. The van der Waals surface area contributed by atoms with Gasteiger partial charge in [0.05, 0.1) is 22.7 Å². The molecule has 1 aliphatic heterocycles. The van der Waals surface area contributed by atoms with Crippen LogP contribution in [-0.2, 0) is 16.1 Å². The molecule has 0 radical (unpaired) electrons. The summed E-state index contributed by atoms with van der Waals surface area (Å²) in [6, 6.07) is 15.8. The van der Waals surface area contributed by atoms with E-state index < -0.39 is 41.3 Å². The number of nitrogens with one attached hydrogen (secondary N) is 2. The third-order valence-corrected chi connectivity index (χ3v) is 5.72. The van der Waals surface area contributed by atoms with Gasteiger partial charge in [-0.2, -0.15) is 0 Å². The summed E-state index contributed by atoms with van der Waals surface area (Å²) in [5.74, 6) is -2.33. The second kappa shape index (κ2) is 11.9. The van der Waals surface area contributed by atoms with E-state index in [0.29, 0.717) is 16.8 Å². The monoisotopic (exact) mass is 546 g/mol. The summed E-state index contributed by atoms with van der Waals surface area (Å²) in [5.41, 5.74) is 0.914. The number of nitrogens with zero attached hydrogens (tertiary/aromatic N) is 2. The van der Waals surface area contributed by atoms with Gasteiger partial charge in [-0.1, -0.05) is 12.1 Å². The van der Waals surface area contributed by atoms with Crippen molar-refractivity contribution in [2.24, 2.45) is 0 Å². The first-order valence-electron chi connectivity index (χ1n) is 11.9. The molecule has 4 rings (SSSR count). The van der Waals surface area contributed by atoms with Crippen molar-refractivity contribution < 1.29 is 38.4 Å². The molecule has 3 aromatic rings. The zero-order chi connectivity index (χ0) is 28.8. The lowest BCUT2D eigenvalue weighted by atomic mass is 10.1. The molecule has 0 aliphatic carbocycles. The fraction of sp³-hybridized carbons (Fsp3) is 0.148. The van der Waals surface area contributed by atoms with Crippen LogP contribution in [0.25, 0.3) is 0 Å². The third-order valence-electron chi connectivity index (χ3n) is 5.72. The average Bonchev–Trinajstić information content (AvgIpc) is 3.16. The van der Waals surface area contributed by atoms with Gasteiger partial charge in [0, 0.05) is 29.9 Å². The van der Waals surface area contributed by atoms with Gasteiger partial charge in [0.15, 0.2) is 0 Å². The Morgan fingerprint density at radius 2 is 1.68 bits per heavy atom. The number of ether oxygens (including phenoxy) is 2. The standard InChI is InChI=1S/C27H22N4O9/c1-2-39-27(36)40-20-9-6-17(7-10-20)24(33)29-18-5-3-4-16(12-18)14-28-23(32)15-30-25(34)21-11-8-19(31(37)38)13-22(21)26(30)35/h3-13H,2,14-15H2,1H3,(H,28,32)(H,29,33). The van der Waals surface area contributed by atoms with Gasteiger partial charge in [-0.15, -0.1) is 0 Å². The first kappa shape index (κ1) is 27.4. The number of rotatable bonds is 9. The zero-order valence-corrected chi connectivity index (χ0v) is 21.0. The number of nitro benzene ring substituents is 1. The zero-order valence-electron chi connectivity index (χ0n) is 21.0. The topological polar surface area (TPSA) is 174 Å². The van der Waals surface area contributed by atoms with E-state index in [1.54, 1.807) is 31.2 Å². The molecule has 1 heterocycles. The van der Waals surface area contributed by atoms with Crippen LogP contribution in [0.5, 0.6) is 5.75 Å². The Kier molecular flexibility index (Phi) is 8.13. The molecular weight excluding hydrogens is 524 g/mol. The smallest absolute Gasteiger partial charge is 0.434 e. The van der Waals surface area contributed by atoms with Crippen molar-refractivity contribution in [3.63, 3.8) is 0 Å². The van der Waals surface area contributed by atoms with E-state index in [9.17, 15) is 34.1 Å². The number of amides is 4. The molecule has 4 amide bonds. The highest BCUT2D eigenvalue weighted by molar-refractivity contribution is 6.22. The van der Waals surface area contributed by atoms with E-state index in [0.717, 1.165) is 17.0 Å². The maximum atomic E-state index is 12.6. The van der Waals surface area contributed by atoms with Crippen LogP contribution in [0.4, 0.5) is 16.2 Å². The molecule has 0 saturated heterocycles. The first-order valence-corrected chi connectivity index (χ1v) is 11.9. The molecule has 3 aromatic carbocycles. The lowest BCUT2D eigenvalue weighted by molar-refractivity contribution is -0.384. The van der Waals surface area contributed by atoms with Crippen molar-refractivity contribution >= 4 is 41.2 Å². The van der Waals surface area contributed by atoms with Crippen LogP contribution in [0.2, 0.25) is 0 Å². The van der Waals surface area contributed by atoms with Crippen molar-refractivity contribution in [2.75, 3.05) is 18.5 Å². The summed E-state index contributed by atoms with van der Waals surface area (Å²) >= 11 is 0. The Bertz CT molecular complexity index is 1520. The van der Waals surface area contributed by atoms with E-state index in [-0.39, 0.29) is 35.7 Å². The van der Waals surface area contributed by atoms with Crippen LogP contribution in [0, 0.1) is 10.1 Å². The van der Waals surface area contributed by atoms with Crippen molar-refractivity contribution in [3.05, 3.63) is 99.1 Å². The van der Waals surface area contributed by atoms with Crippen LogP contribution in [0.15, 0.2) is 66.7 Å². The van der Waals surface area contributed by atoms with E-state index in [2.05, 4.69) is 10.6 Å². The normalized spacial score (nSPS) is 12.0. The second-order valence-electron chi connectivity index (χ2n) is 8.42. The van der Waals surface area contributed by atoms with Gasteiger partial charge in [0.1, 0.15) is 12.3 Å². The van der Waals surface area contributed by atoms with E-state index in [1.165, 1.54) is 30.3 Å². The predicted octanol–water partition coefficient (Wildman–Crippen LogP) is 3.29. The molecule has 13 heteroatoms. The summed E-state index contributed by atoms with van der Waals surface area (Å²) < 4.78 is 9.66. The molecule has 0 fully saturated rings. The van der Waals surface area contributed by atoms with Gasteiger partial charge in [0.25, 0.3) is 23.4 Å². The Hall–Kier alpha value is -5.59. The number of non-ortho nitro benzene ring substituents is 1. The van der Waals surface area contributed by atoms with Crippen LogP contribution in [-0.4, -0.2) is 52.8 Å². The lowest BCUT2D eigenvalue weighted by Gasteiger charge is -2.14. The van der Waals surface area contributed by atoms with Gasteiger partial charge in [-0.05, 0) is 55.0 Å². The SMILES string of the molecule is CCOC(=O)Oc1ccc(C(=O)Nc2cccc(CNC(=O)CN3C(=O)c4ccc([N+](=O)[O-])cc4C3=O)c2)cc1. The van der Waals surface area contributed by atoms with Gasteiger partial charge < -0.3 is 20.1 Å². The molecule has 40 heavy (non-hydrogen) atoms. The molecule has 0 bridgehead atoms. The molecule has 0 atom stereocenters. The van der Waals surface area contributed by atoms with Crippen molar-refractivity contribution in [2.45, 2.75) is 13.5 Å². The highest BCUT2D eigenvalue weighted by Gasteiger charge is 2.37. The number of anilines is 1. The van der Waals surface area contributed by atoms with Gasteiger partial charge in [-0.25, -0.2) is 4.79 Å². The number of fused-ring (bicyclic) bond motifs is 1. The van der Waals surface area contributed by atoms with Crippen molar-refractivity contribution in [3.8, 4) is 5.75 Å². The van der Waals surface area contributed by atoms with E-state index in [4.69, 9.17) is 9.47 Å². The largest absolute Gasteiger partial charge is 0.513 e. The number of hydrogen-bond donors (Lipinski definition) is 2. The molecule has 13 nitrogen and oxygen atoms in total. The highest BCUT2D eigenvalue weighted by Crippen LogP contribution is 2.26.